The molecule has 3 saturated heterocycles. The van der Waals surface area contributed by atoms with Gasteiger partial charge in [0.2, 0.25) is 0 Å². The van der Waals surface area contributed by atoms with Crippen LogP contribution < -0.4 is 0 Å². The van der Waals surface area contributed by atoms with Crippen molar-refractivity contribution in [1.82, 2.24) is 9.80 Å². The van der Waals surface area contributed by atoms with Crippen LogP contribution in [0.5, 0.6) is 0 Å². The number of rotatable bonds is 2. The van der Waals surface area contributed by atoms with E-state index in [2.05, 4.69) is 30.6 Å². The van der Waals surface area contributed by atoms with Crippen molar-refractivity contribution in [3.8, 4) is 0 Å². The van der Waals surface area contributed by atoms with Gasteiger partial charge in [0.05, 0.1) is 0 Å². The molecule has 0 amide bonds. The van der Waals surface area contributed by atoms with Crippen LogP contribution in [0, 0.1) is 11.3 Å². The van der Waals surface area contributed by atoms with Crippen LogP contribution in [0.15, 0.2) is 0 Å². The van der Waals surface area contributed by atoms with Gasteiger partial charge in [-0.05, 0) is 50.1 Å². The van der Waals surface area contributed by atoms with Crippen molar-refractivity contribution in [2.75, 3.05) is 26.2 Å². The van der Waals surface area contributed by atoms with Crippen LogP contribution in [-0.2, 0) is 0 Å². The maximum atomic E-state index is 2.85. The fourth-order valence-electron chi connectivity index (χ4n) is 5.34. The molecule has 3 unspecified atom stereocenters. The van der Waals surface area contributed by atoms with Crippen LogP contribution in [-0.4, -0.2) is 48.1 Å². The minimum absolute atomic E-state index is 0. The van der Waals surface area contributed by atoms with E-state index in [1.54, 1.807) is 0 Å². The van der Waals surface area contributed by atoms with Gasteiger partial charge in [-0.25, -0.2) is 0 Å². The molecule has 122 valence electrons. The van der Waals surface area contributed by atoms with Crippen molar-refractivity contribution in [2.24, 2.45) is 11.3 Å². The summed E-state index contributed by atoms with van der Waals surface area (Å²) in [4.78, 5) is 5.65. The van der Waals surface area contributed by atoms with Crippen molar-refractivity contribution < 1.29 is 2.85 Å². The quantitative estimate of drug-likeness (QED) is 0.736. The molecular formula is C18H40N2. The SMILES string of the molecule is CC.CC[C@H]1C2CN3CCCCC3C(C)(C2)CN1CC.[HH].[HH]. The molecule has 3 rings (SSSR count). The Balaban J connectivity index is 0.00000106. The third-order valence-corrected chi connectivity index (χ3v) is 6.02. The zero-order valence-electron chi connectivity index (χ0n) is 14.5. The molecule has 0 aromatic heterocycles. The molecule has 0 spiro atoms. The average molecular weight is 285 g/mol. The van der Waals surface area contributed by atoms with Crippen molar-refractivity contribution in [3.05, 3.63) is 0 Å². The summed E-state index contributed by atoms with van der Waals surface area (Å²) in [5, 5.41) is 0. The predicted molar refractivity (Wildman–Crippen MR) is 92.3 cm³/mol. The molecule has 2 bridgehead atoms. The highest BCUT2D eigenvalue weighted by molar-refractivity contribution is 5.05. The normalized spacial score (nSPS) is 41.5. The third-order valence-electron chi connectivity index (χ3n) is 6.02. The van der Waals surface area contributed by atoms with E-state index in [4.69, 9.17) is 0 Å². The van der Waals surface area contributed by atoms with Crippen molar-refractivity contribution in [1.29, 1.82) is 0 Å². The van der Waals surface area contributed by atoms with E-state index < -0.39 is 0 Å². The first kappa shape index (κ1) is 16.3. The van der Waals surface area contributed by atoms with Gasteiger partial charge in [0.25, 0.3) is 0 Å². The Hall–Kier alpha value is -0.0800. The first-order valence-electron chi connectivity index (χ1n) is 9.16. The first-order valence-corrected chi connectivity index (χ1v) is 9.16. The summed E-state index contributed by atoms with van der Waals surface area (Å²) in [7, 11) is 0. The number of hydrogen-bond donors (Lipinski definition) is 0. The standard InChI is InChI=1S/C16H30N2.C2H6.2H2/c1-4-14-13-10-16(3,12-17(14)5-2)15-8-6-7-9-18(15)11-13;1-2;;/h13-15H,4-12H2,1-3H3;1-2H3;2*1H/t13?,14-,15?,16?;;;/m0.../s1. The smallest absolute Gasteiger partial charge is 0.0161 e. The Kier molecular flexibility index (Phi) is 5.53. The van der Waals surface area contributed by atoms with Crippen LogP contribution in [0.4, 0.5) is 0 Å². The molecule has 0 N–H and O–H groups in total. The number of likely N-dealkylation sites (tertiary alicyclic amines) is 1. The monoisotopic (exact) mass is 284 g/mol. The zero-order chi connectivity index (χ0) is 14.8. The lowest BCUT2D eigenvalue weighted by molar-refractivity contribution is -0.110. The Labute approximate surface area is 129 Å². The highest BCUT2D eigenvalue weighted by atomic mass is 15.3. The van der Waals surface area contributed by atoms with Gasteiger partial charge in [-0.1, -0.05) is 41.0 Å². The number of fused-ring (bicyclic) bond motifs is 4. The van der Waals surface area contributed by atoms with Crippen LogP contribution in [0.3, 0.4) is 0 Å². The zero-order valence-corrected chi connectivity index (χ0v) is 14.5. The molecule has 3 aliphatic heterocycles. The second kappa shape index (κ2) is 6.79. The third kappa shape index (κ3) is 2.78. The van der Waals surface area contributed by atoms with E-state index in [1.165, 1.54) is 58.3 Å². The minimum Gasteiger partial charge on any atom is -0.300 e. The molecule has 0 aromatic carbocycles. The molecule has 0 aliphatic carbocycles. The Morgan fingerprint density at radius 1 is 1.20 bits per heavy atom. The molecule has 3 heterocycles. The topological polar surface area (TPSA) is 6.48 Å². The summed E-state index contributed by atoms with van der Waals surface area (Å²) < 4.78 is 0. The van der Waals surface area contributed by atoms with E-state index in [1.807, 2.05) is 13.8 Å². The Morgan fingerprint density at radius 3 is 2.60 bits per heavy atom. The van der Waals surface area contributed by atoms with E-state index in [0.717, 1.165) is 18.0 Å². The molecule has 3 aliphatic rings. The van der Waals surface area contributed by atoms with E-state index in [0.29, 0.717) is 5.41 Å². The highest BCUT2D eigenvalue weighted by Crippen LogP contribution is 2.48. The van der Waals surface area contributed by atoms with E-state index in [9.17, 15) is 0 Å². The van der Waals surface area contributed by atoms with Crippen molar-refractivity contribution >= 4 is 0 Å². The highest BCUT2D eigenvalue weighted by Gasteiger charge is 2.51. The summed E-state index contributed by atoms with van der Waals surface area (Å²) in [6.07, 6.45) is 7.19. The van der Waals surface area contributed by atoms with Crippen LogP contribution >= 0.6 is 0 Å². The molecule has 0 saturated carbocycles. The molecule has 0 radical (unpaired) electrons. The summed E-state index contributed by atoms with van der Waals surface area (Å²) in [6.45, 7) is 16.7. The summed E-state index contributed by atoms with van der Waals surface area (Å²) >= 11 is 0. The second-order valence-corrected chi connectivity index (χ2v) is 7.16. The van der Waals surface area contributed by atoms with Gasteiger partial charge in [0.1, 0.15) is 0 Å². The number of nitrogens with zero attached hydrogens (tertiary/aromatic N) is 2. The first-order chi connectivity index (χ1) is 9.68. The number of piperidine rings is 3. The second-order valence-electron chi connectivity index (χ2n) is 7.16. The van der Waals surface area contributed by atoms with Crippen LogP contribution in [0.1, 0.15) is 69.6 Å². The molecule has 3 fully saturated rings. The van der Waals surface area contributed by atoms with Gasteiger partial charge < -0.3 is 0 Å². The molecular weight excluding hydrogens is 244 g/mol. The average Bonchev–Trinajstić information content (AvgIpc) is 2.48. The van der Waals surface area contributed by atoms with Crippen molar-refractivity contribution in [2.45, 2.75) is 78.8 Å². The van der Waals surface area contributed by atoms with Gasteiger partial charge in [-0.3, -0.25) is 9.80 Å². The van der Waals surface area contributed by atoms with Crippen LogP contribution in [0.2, 0.25) is 0 Å². The van der Waals surface area contributed by atoms with Crippen molar-refractivity contribution in [3.63, 3.8) is 0 Å². The van der Waals surface area contributed by atoms with E-state index >= 15 is 0 Å². The van der Waals surface area contributed by atoms with Gasteiger partial charge >= 0.3 is 0 Å². The summed E-state index contributed by atoms with van der Waals surface area (Å²) in [5.41, 5.74) is 0.574. The fraction of sp³-hybridized carbons (Fsp3) is 1.00. The molecule has 4 atom stereocenters. The van der Waals surface area contributed by atoms with Gasteiger partial charge in [0, 0.05) is 28.0 Å². The van der Waals surface area contributed by atoms with Crippen LogP contribution in [0.25, 0.3) is 0 Å². The molecule has 2 nitrogen and oxygen atoms in total. The minimum atomic E-state index is 0. The molecule has 0 aromatic rings. The summed E-state index contributed by atoms with van der Waals surface area (Å²) in [6, 6.07) is 1.74. The lowest BCUT2D eigenvalue weighted by Crippen LogP contribution is -2.66. The van der Waals surface area contributed by atoms with Gasteiger partial charge in [0.15, 0.2) is 0 Å². The largest absolute Gasteiger partial charge is 0.300 e. The predicted octanol–water partition coefficient (Wildman–Crippen LogP) is 4.50. The molecule has 20 heavy (non-hydrogen) atoms. The Morgan fingerprint density at radius 2 is 1.95 bits per heavy atom. The lowest BCUT2D eigenvalue weighted by Gasteiger charge is -2.61. The summed E-state index contributed by atoms with van der Waals surface area (Å²) in [5.74, 6) is 0.933. The molecule has 2 heteroatoms. The van der Waals surface area contributed by atoms with Gasteiger partial charge in [-0.15, -0.1) is 0 Å². The lowest BCUT2D eigenvalue weighted by atomic mass is 9.63. The Bertz CT molecular complexity index is 313. The van der Waals surface area contributed by atoms with Gasteiger partial charge in [-0.2, -0.15) is 0 Å². The fourth-order valence-corrected chi connectivity index (χ4v) is 5.34. The maximum Gasteiger partial charge on any atom is 0.0161 e. The van der Waals surface area contributed by atoms with E-state index in [-0.39, 0.29) is 2.85 Å². The number of hydrogen-bond acceptors (Lipinski definition) is 2. The maximum absolute atomic E-state index is 2.85.